The van der Waals surface area contributed by atoms with Crippen molar-refractivity contribution in [1.29, 1.82) is 0 Å². The number of thiophene rings is 1. The van der Waals surface area contributed by atoms with E-state index in [0.29, 0.717) is 0 Å². The number of hydrogen-bond acceptors (Lipinski definition) is 4. The molecule has 2 heterocycles. The predicted octanol–water partition coefficient (Wildman–Crippen LogP) is 3.50. The summed E-state index contributed by atoms with van der Waals surface area (Å²) in [5.41, 5.74) is 4.80. The van der Waals surface area contributed by atoms with E-state index >= 15 is 0 Å². The van der Waals surface area contributed by atoms with Crippen molar-refractivity contribution in [2.75, 3.05) is 17.2 Å². The predicted molar refractivity (Wildman–Crippen MR) is 74.8 cm³/mol. The Kier molecular flexibility index (Phi) is 3.98. The van der Waals surface area contributed by atoms with Crippen molar-refractivity contribution in [3.63, 3.8) is 0 Å². The van der Waals surface area contributed by atoms with E-state index < -0.39 is 0 Å². The largest absolute Gasteiger partial charge is 0.384 e. The smallest absolute Gasteiger partial charge is 0.0550 e. The summed E-state index contributed by atoms with van der Waals surface area (Å²) in [6, 6.07) is 2.08. The molecule has 2 rings (SSSR count). The Balaban J connectivity index is 1.99. The first-order valence-electron chi connectivity index (χ1n) is 5.74. The first kappa shape index (κ1) is 11.9. The Morgan fingerprint density at radius 1 is 1.18 bits per heavy atom. The lowest BCUT2D eigenvalue weighted by molar-refractivity contribution is 1.12. The van der Waals surface area contributed by atoms with Gasteiger partial charge in [0.05, 0.1) is 23.8 Å². The van der Waals surface area contributed by atoms with Gasteiger partial charge in [0.1, 0.15) is 0 Å². The molecule has 0 amide bonds. The standard InChI is InChI=1S/C13H17N3S/c1-3-15-12-4-13(7-14-6-12)16-5-11-9-17-8-10(11)2/h4,6-9,15-16H,3,5H2,1-2H3. The fraction of sp³-hybridized carbons (Fsp3) is 0.308. The number of anilines is 2. The molecule has 0 spiro atoms. The topological polar surface area (TPSA) is 37.0 Å². The molecule has 0 saturated carbocycles. The summed E-state index contributed by atoms with van der Waals surface area (Å²) < 4.78 is 0. The molecule has 0 unspecified atom stereocenters. The third-order valence-electron chi connectivity index (χ3n) is 2.56. The number of hydrogen-bond donors (Lipinski definition) is 2. The average molecular weight is 247 g/mol. The minimum atomic E-state index is 0.854. The van der Waals surface area contributed by atoms with Crippen LogP contribution in [0.5, 0.6) is 0 Å². The first-order chi connectivity index (χ1) is 8.29. The van der Waals surface area contributed by atoms with Crippen LogP contribution in [0.1, 0.15) is 18.1 Å². The van der Waals surface area contributed by atoms with Crippen molar-refractivity contribution in [3.8, 4) is 0 Å². The Hall–Kier alpha value is -1.55. The Morgan fingerprint density at radius 2 is 1.94 bits per heavy atom. The normalized spacial score (nSPS) is 10.2. The molecule has 0 fully saturated rings. The van der Waals surface area contributed by atoms with Crippen molar-refractivity contribution < 1.29 is 0 Å². The quantitative estimate of drug-likeness (QED) is 0.849. The summed E-state index contributed by atoms with van der Waals surface area (Å²) in [4.78, 5) is 4.20. The van der Waals surface area contributed by atoms with Crippen molar-refractivity contribution in [2.24, 2.45) is 0 Å². The van der Waals surface area contributed by atoms with Crippen LogP contribution in [0.2, 0.25) is 0 Å². The lowest BCUT2D eigenvalue weighted by atomic mass is 10.2. The SMILES string of the molecule is CCNc1cncc(NCc2cscc2C)c1. The van der Waals surface area contributed by atoms with E-state index in [9.17, 15) is 0 Å². The molecular weight excluding hydrogens is 230 g/mol. The minimum Gasteiger partial charge on any atom is -0.384 e. The molecule has 0 radical (unpaired) electrons. The van der Waals surface area contributed by atoms with Crippen LogP contribution in [0.25, 0.3) is 0 Å². The van der Waals surface area contributed by atoms with Crippen LogP contribution in [0.15, 0.2) is 29.2 Å². The summed E-state index contributed by atoms with van der Waals surface area (Å²) in [7, 11) is 0. The molecule has 2 aromatic rings. The maximum atomic E-state index is 4.20. The van der Waals surface area contributed by atoms with Gasteiger partial charge in [0.25, 0.3) is 0 Å². The van der Waals surface area contributed by atoms with E-state index in [-0.39, 0.29) is 0 Å². The van der Waals surface area contributed by atoms with Crippen molar-refractivity contribution in [3.05, 3.63) is 40.3 Å². The van der Waals surface area contributed by atoms with E-state index in [0.717, 1.165) is 24.5 Å². The minimum absolute atomic E-state index is 0.854. The summed E-state index contributed by atoms with van der Waals surface area (Å²) in [6.45, 7) is 5.98. The second-order valence-electron chi connectivity index (χ2n) is 3.93. The van der Waals surface area contributed by atoms with E-state index in [1.807, 2.05) is 12.4 Å². The van der Waals surface area contributed by atoms with Crippen LogP contribution in [0.4, 0.5) is 11.4 Å². The number of nitrogens with one attached hydrogen (secondary N) is 2. The third kappa shape index (κ3) is 3.20. The molecule has 3 nitrogen and oxygen atoms in total. The summed E-state index contributed by atoms with van der Waals surface area (Å²) in [5.74, 6) is 0. The van der Waals surface area contributed by atoms with Gasteiger partial charge >= 0.3 is 0 Å². The summed E-state index contributed by atoms with van der Waals surface area (Å²) in [6.07, 6.45) is 3.69. The van der Waals surface area contributed by atoms with Crippen LogP contribution in [0.3, 0.4) is 0 Å². The van der Waals surface area contributed by atoms with Gasteiger partial charge in [-0.3, -0.25) is 4.98 Å². The molecule has 0 aliphatic carbocycles. The Morgan fingerprint density at radius 3 is 2.59 bits per heavy atom. The highest BCUT2D eigenvalue weighted by Crippen LogP contribution is 2.17. The molecule has 4 heteroatoms. The van der Waals surface area contributed by atoms with Gasteiger partial charge in [-0.2, -0.15) is 11.3 Å². The number of aryl methyl sites for hydroxylation is 1. The fourth-order valence-corrected chi connectivity index (χ4v) is 2.46. The molecule has 0 atom stereocenters. The third-order valence-corrected chi connectivity index (χ3v) is 3.47. The maximum absolute atomic E-state index is 4.20. The summed E-state index contributed by atoms with van der Waals surface area (Å²) >= 11 is 1.74. The average Bonchev–Trinajstić information content (AvgIpc) is 2.73. The van der Waals surface area contributed by atoms with Gasteiger partial charge in [0.15, 0.2) is 0 Å². The van der Waals surface area contributed by atoms with Crippen molar-refractivity contribution in [1.82, 2.24) is 4.98 Å². The highest BCUT2D eigenvalue weighted by atomic mass is 32.1. The van der Waals surface area contributed by atoms with Gasteiger partial charge in [-0.05, 0) is 41.8 Å². The van der Waals surface area contributed by atoms with Gasteiger partial charge < -0.3 is 10.6 Å². The number of pyridine rings is 1. The monoisotopic (exact) mass is 247 g/mol. The molecule has 0 aliphatic heterocycles. The molecule has 90 valence electrons. The lowest BCUT2D eigenvalue weighted by Crippen LogP contribution is -2.02. The Bertz CT molecular complexity index is 479. The van der Waals surface area contributed by atoms with Gasteiger partial charge in [-0.15, -0.1) is 0 Å². The first-order valence-corrected chi connectivity index (χ1v) is 6.68. The zero-order valence-electron chi connectivity index (χ0n) is 10.2. The van der Waals surface area contributed by atoms with Gasteiger partial charge in [0, 0.05) is 13.1 Å². The van der Waals surface area contributed by atoms with Crippen LogP contribution in [-0.2, 0) is 6.54 Å². The molecule has 0 bridgehead atoms. The van der Waals surface area contributed by atoms with Crippen LogP contribution < -0.4 is 10.6 Å². The van der Waals surface area contributed by atoms with Crippen LogP contribution >= 0.6 is 11.3 Å². The summed E-state index contributed by atoms with van der Waals surface area (Å²) in [5, 5.41) is 11.0. The van der Waals surface area contributed by atoms with Crippen LogP contribution in [-0.4, -0.2) is 11.5 Å². The van der Waals surface area contributed by atoms with Gasteiger partial charge in [0.2, 0.25) is 0 Å². The zero-order chi connectivity index (χ0) is 12.1. The van der Waals surface area contributed by atoms with Gasteiger partial charge in [-0.25, -0.2) is 0 Å². The number of nitrogens with zero attached hydrogens (tertiary/aromatic N) is 1. The number of rotatable bonds is 5. The van der Waals surface area contributed by atoms with Crippen LogP contribution in [0, 0.1) is 6.92 Å². The fourth-order valence-electron chi connectivity index (χ4n) is 1.60. The molecule has 0 aromatic carbocycles. The van der Waals surface area contributed by atoms with Crippen molar-refractivity contribution in [2.45, 2.75) is 20.4 Å². The highest BCUT2D eigenvalue weighted by molar-refractivity contribution is 7.08. The van der Waals surface area contributed by atoms with E-state index in [4.69, 9.17) is 0 Å². The maximum Gasteiger partial charge on any atom is 0.0550 e. The van der Waals surface area contributed by atoms with E-state index in [2.05, 4.69) is 46.3 Å². The van der Waals surface area contributed by atoms with E-state index in [1.165, 1.54) is 11.1 Å². The lowest BCUT2D eigenvalue weighted by Gasteiger charge is -2.08. The molecule has 2 aromatic heterocycles. The highest BCUT2D eigenvalue weighted by Gasteiger charge is 2.00. The molecule has 2 N–H and O–H groups in total. The second kappa shape index (κ2) is 5.68. The van der Waals surface area contributed by atoms with Gasteiger partial charge in [-0.1, -0.05) is 0 Å². The van der Waals surface area contributed by atoms with E-state index in [1.54, 1.807) is 11.3 Å². The molecule has 17 heavy (non-hydrogen) atoms. The van der Waals surface area contributed by atoms with Crippen molar-refractivity contribution >= 4 is 22.7 Å². The number of aromatic nitrogens is 1. The molecule has 0 saturated heterocycles. The molecular formula is C13H17N3S. The zero-order valence-corrected chi connectivity index (χ0v) is 11.0. The Labute approximate surface area is 106 Å². The molecule has 0 aliphatic rings. The second-order valence-corrected chi connectivity index (χ2v) is 4.67.